The van der Waals surface area contributed by atoms with Crippen LogP contribution in [0.2, 0.25) is 0 Å². The van der Waals surface area contributed by atoms with Crippen LogP contribution in [0.3, 0.4) is 0 Å². The molecule has 0 aliphatic rings. The molecule has 0 saturated heterocycles. The molecule has 0 radical (unpaired) electrons. The number of hydrogen-bond acceptors (Lipinski definition) is 1. The van der Waals surface area contributed by atoms with Crippen molar-refractivity contribution < 1.29 is 60.2 Å². The quantitative estimate of drug-likeness (QED) is 0.411. The van der Waals surface area contributed by atoms with Crippen molar-refractivity contribution in [1.29, 1.82) is 5.26 Å². The summed E-state index contributed by atoms with van der Waals surface area (Å²) in [4.78, 5) is 0. The third kappa shape index (κ3) is 17.3. The SMILES string of the molecule is CC[CH-]CCC(F)F.N#Cc1cccc(Cc2ccccc2)c1.[CH2-]CC.[K+]. The second kappa shape index (κ2) is 20.2. The minimum absolute atomic E-state index is 0. The number of hydrogen-bond donors (Lipinski definition) is 0. The van der Waals surface area contributed by atoms with Crippen LogP contribution in [-0.2, 0) is 6.42 Å². The van der Waals surface area contributed by atoms with E-state index in [-0.39, 0.29) is 57.8 Å². The van der Waals surface area contributed by atoms with Crippen molar-refractivity contribution in [3.8, 4) is 6.07 Å². The van der Waals surface area contributed by atoms with Crippen molar-refractivity contribution in [3.63, 3.8) is 0 Å². The van der Waals surface area contributed by atoms with Crippen LogP contribution >= 0.6 is 0 Å². The van der Waals surface area contributed by atoms with Gasteiger partial charge in [0.2, 0.25) is 6.43 Å². The van der Waals surface area contributed by atoms with E-state index in [9.17, 15) is 8.78 Å². The molecule has 0 aromatic heterocycles. The molecule has 0 atom stereocenters. The number of rotatable bonds is 6. The van der Waals surface area contributed by atoms with E-state index in [0.717, 1.165) is 24.8 Å². The van der Waals surface area contributed by atoms with Gasteiger partial charge in [-0.3, -0.25) is 0 Å². The molecule has 0 fully saturated rings. The molecule has 4 heteroatoms. The average molecular weight is 397 g/mol. The van der Waals surface area contributed by atoms with Gasteiger partial charge in [0.1, 0.15) is 0 Å². The molecule has 27 heavy (non-hydrogen) atoms. The Morgan fingerprint density at radius 3 is 2.15 bits per heavy atom. The van der Waals surface area contributed by atoms with E-state index in [1.807, 2.05) is 62.7 Å². The smallest absolute Gasteiger partial charge is 0.344 e. The molecule has 1 nitrogen and oxygen atoms in total. The molecular formula is C23H29F2KN-. The fourth-order valence-electron chi connectivity index (χ4n) is 2.03. The van der Waals surface area contributed by atoms with Gasteiger partial charge in [0.05, 0.1) is 11.6 Å². The predicted octanol–water partition coefficient (Wildman–Crippen LogP) is 4.03. The first-order valence-corrected chi connectivity index (χ1v) is 8.99. The molecule has 2 rings (SSSR count). The molecule has 142 valence electrons. The first-order valence-electron chi connectivity index (χ1n) is 8.99. The summed E-state index contributed by atoms with van der Waals surface area (Å²) in [6, 6.07) is 20.2. The zero-order valence-electron chi connectivity index (χ0n) is 16.8. The summed E-state index contributed by atoms with van der Waals surface area (Å²) in [6.45, 7) is 7.45. The Kier molecular flexibility index (Phi) is 21.4. The molecule has 0 amide bonds. The summed E-state index contributed by atoms with van der Waals surface area (Å²) in [5.41, 5.74) is 3.18. The molecule has 0 N–H and O–H groups in total. The zero-order chi connectivity index (χ0) is 19.6. The summed E-state index contributed by atoms with van der Waals surface area (Å²) < 4.78 is 22.7. The van der Waals surface area contributed by atoms with Crippen LogP contribution < -0.4 is 51.4 Å². The van der Waals surface area contributed by atoms with Gasteiger partial charge in [-0.2, -0.15) is 24.5 Å². The summed E-state index contributed by atoms with van der Waals surface area (Å²) in [7, 11) is 0. The van der Waals surface area contributed by atoms with Crippen molar-refractivity contribution in [3.05, 3.63) is 84.6 Å². The number of alkyl halides is 2. The van der Waals surface area contributed by atoms with E-state index in [4.69, 9.17) is 5.26 Å². The minimum atomic E-state index is -2.13. The molecule has 2 aromatic carbocycles. The fourth-order valence-corrected chi connectivity index (χ4v) is 2.03. The molecule has 2 aromatic rings. The van der Waals surface area contributed by atoms with Gasteiger partial charge in [0, 0.05) is 0 Å². The summed E-state index contributed by atoms with van der Waals surface area (Å²) in [6.07, 6.45) is 3.09. The summed E-state index contributed by atoms with van der Waals surface area (Å²) in [5, 5.41) is 8.78. The van der Waals surface area contributed by atoms with E-state index < -0.39 is 6.43 Å². The van der Waals surface area contributed by atoms with Crippen molar-refractivity contribution in [1.82, 2.24) is 0 Å². The van der Waals surface area contributed by atoms with Crippen LogP contribution in [-0.4, -0.2) is 6.43 Å². The zero-order valence-corrected chi connectivity index (χ0v) is 19.9. The van der Waals surface area contributed by atoms with Crippen LogP contribution in [0, 0.1) is 24.7 Å². The van der Waals surface area contributed by atoms with Crippen LogP contribution in [0.15, 0.2) is 54.6 Å². The number of unbranched alkanes of at least 4 members (excludes halogenated alkanes) is 2. The van der Waals surface area contributed by atoms with E-state index in [0.29, 0.717) is 6.42 Å². The van der Waals surface area contributed by atoms with Gasteiger partial charge in [0.15, 0.2) is 0 Å². The maximum absolute atomic E-state index is 11.3. The normalized spacial score (nSPS) is 9.07. The van der Waals surface area contributed by atoms with Crippen LogP contribution in [0.25, 0.3) is 0 Å². The maximum atomic E-state index is 11.3. The van der Waals surface area contributed by atoms with Crippen molar-refractivity contribution in [2.45, 2.75) is 52.4 Å². The Hall–Kier alpha value is -0.574. The Morgan fingerprint density at radius 1 is 1.04 bits per heavy atom. The third-order valence-electron chi connectivity index (χ3n) is 3.18. The van der Waals surface area contributed by atoms with Crippen LogP contribution in [0.1, 0.15) is 56.2 Å². The van der Waals surface area contributed by atoms with Crippen molar-refractivity contribution >= 4 is 0 Å². The predicted molar refractivity (Wildman–Crippen MR) is 106 cm³/mol. The molecule has 0 heterocycles. The van der Waals surface area contributed by atoms with E-state index in [1.54, 1.807) is 0 Å². The summed E-state index contributed by atoms with van der Waals surface area (Å²) in [5.74, 6) is 0. The molecule has 0 unspecified atom stereocenters. The molecule has 0 spiro atoms. The van der Waals surface area contributed by atoms with Gasteiger partial charge < -0.3 is 13.3 Å². The number of halogens is 2. The Balaban J connectivity index is 0. The molecular weight excluding hydrogens is 367 g/mol. The number of nitrogens with zero attached hydrogens (tertiary/aromatic N) is 1. The number of nitriles is 1. The van der Waals surface area contributed by atoms with Gasteiger partial charge in [0.25, 0.3) is 0 Å². The van der Waals surface area contributed by atoms with Gasteiger partial charge in [-0.25, -0.2) is 8.78 Å². The number of benzene rings is 2. The van der Waals surface area contributed by atoms with Gasteiger partial charge in [-0.05, 0) is 36.1 Å². The Bertz CT molecular complexity index is 609. The van der Waals surface area contributed by atoms with Gasteiger partial charge in [-0.1, -0.05) is 56.3 Å². The maximum Gasteiger partial charge on any atom is 1.00 e. The van der Waals surface area contributed by atoms with Crippen LogP contribution in [0.5, 0.6) is 0 Å². The van der Waals surface area contributed by atoms with Crippen molar-refractivity contribution in [2.75, 3.05) is 0 Å². The fraction of sp³-hybridized carbons (Fsp3) is 0.348. The molecule has 0 saturated carbocycles. The van der Waals surface area contributed by atoms with Gasteiger partial charge in [-0.15, -0.1) is 0 Å². The molecule has 0 aliphatic heterocycles. The molecule has 0 aliphatic carbocycles. The second-order valence-corrected chi connectivity index (χ2v) is 5.64. The van der Waals surface area contributed by atoms with Crippen molar-refractivity contribution in [2.24, 2.45) is 0 Å². The topological polar surface area (TPSA) is 23.8 Å². The largest absolute Gasteiger partial charge is 1.00 e. The van der Waals surface area contributed by atoms with E-state index >= 15 is 0 Å². The Labute approximate surface area is 206 Å². The Morgan fingerprint density at radius 2 is 1.63 bits per heavy atom. The standard InChI is InChI=1S/C14H11N.C6H11F2.C3H7.K/c15-11-14-8-4-7-13(10-14)9-12-5-2-1-3-6-12;1-2-3-4-5-6(7)8;1-3-2;/h1-8,10H,9H2;3,6H,2,4-5H2,1H3;1,3H2,2H3;/q;2*-1;+1. The average Bonchev–Trinajstić information content (AvgIpc) is 2.64. The van der Waals surface area contributed by atoms with Gasteiger partial charge >= 0.3 is 51.4 Å². The van der Waals surface area contributed by atoms with E-state index in [2.05, 4.69) is 25.1 Å². The first-order chi connectivity index (χ1) is 12.6. The second-order valence-electron chi connectivity index (χ2n) is 5.64. The third-order valence-corrected chi connectivity index (χ3v) is 3.18. The van der Waals surface area contributed by atoms with Crippen LogP contribution in [0.4, 0.5) is 8.78 Å². The first kappa shape index (κ1) is 28.6. The minimum Gasteiger partial charge on any atom is -0.344 e. The monoisotopic (exact) mass is 396 g/mol. The molecule has 0 bridgehead atoms. The van der Waals surface area contributed by atoms with E-state index in [1.165, 1.54) is 11.1 Å². The summed E-state index contributed by atoms with van der Waals surface area (Å²) >= 11 is 0.